The van der Waals surface area contributed by atoms with E-state index in [0.29, 0.717) is 51.1 Å². The zero-order valence-electron chi connectivity index (χ0n) is 20.7. The van der Waals surface area contributed by atoms with E-state index in [2.05, 4.69) is 5.32 Å². The van der Waals surface area contributed by atoms with Gasteiger partial charge in [0.05, 0.1) is 18.1 Å². The molecule has 3 bridgehead atoms. The molecule has 1 aromatic carbocycles. The maximum atomic E-state index is 12.7. The van der Waals surface area contributed by atoms with Crippen LogP contribution in [0, 0.1) is 23.2 Å². The predicted molar refractivity (Wildman–Crippen MR) is 133 cm³/mol. The van der Waals surface area contributed by atoms with Gasteiger partial charge in [-0.25, -0.2) is 8.42 Å². The average molecular weight is 505 g/mol. The summed E-state index contributed by atoms with van der Waals surface area (Å²) < 4.78 is 32.2. The molecule has 1 aliphatic heterocycles. The van der Waals surface area contributed by atoms with Gasteiger partial charge >= 0.3 is 0 Å². The molecule has 35 heavy (non-hydrogen) atoms. The SMILES string of the molecule is O=C(NCCc1ccc(S(=O)(=O)N2CCOCC2)cc1)C(O)CCC12CC3CCCC(C1)C(C3)C2. The molecule has 194 valence electrons. The second-order valence-electron chi connectivity index (χ2n) is 11.4. The zero-order chi connectivity index (χ0) is 24.5. The van der Waals surface area contributed by atoms with Crippen LogP contribution in [0.4, 0.5) is 0 Å². The van der Waals surface area contributed by atoms with Gasteiger partial charge in [0.1, 0.15) is 6.10 Å². The van der Waals surface area contributed by atoms with Crippen molar-refractivity contribution in [1.29, 1.82) is 0 Å². The van der Waals surface area contributed by atoms with Crippen molar-refractivity contribution >= 4 is 15.9 Å². The van der Waals surface area contributed by atoms with Gasteiger partial charge in [0, 0.05) is 19.6 Å². The number of nitrogens with one attached hydrogen (secondary N) is 1. The van der Waals surface area contributed by atoms with Gasteiger partial charge in [0.2, 0.25) is 15.9 Å². The summed E-state index contributed by atoms with van der Waals surface area (Å²) in [6.07, 6.45) is 10.6. The van der Waals surface area contributed by atoms with Crippen LogP contribution in [-0.2, 0) is 26.0 Å². The molecule has 3 aliphatic carbocycles. The van der Waals surface area contributed by atoms with Crippen LogP contribution in [-0.4, -0.2) is 62.7 Å². The minimum Gasteiger partial charge on any atom is -0.383 e. The summed E-state index contributed by atoms with van der Waals surface area (Å²) in [5.74, 6) is 2.34. The Hall–Kier alpha value is -1.48. The van der Waals surface area contributed by atoms with Gasteiger partial charge in [-0.15, -0.1) is 0 Å². The number of sulfonamides is 1. The summed E-state index contributed by atoms with van der Waals surface area (Å²) in [5.41, 5.74) is 1.31. The van der Waals surface area contributed by atoms with Crippen molar-refractivity contribution in [3.05, 3.63) is 29.8 Å². The van der Waals surface area contributed by atoms with Crippen molar-refractivity contribution in [3.63, 3.8) is 0 Å². The molecule has 1 saturated heterocycles. The van der Waals surface area contributed by atoms with E-state index in [1.807, 2.05) is 0 Å². The highest BCUT2D eigenvalue weighted by Crippen LogP contribution is 2.61. The molecular formula is C27H40N2O5S. The smallest absolute Gasteiger partial charge is 0.248 e. The van der Waals surface area contributed by atoms with Crippen LogP contribution in [0.5, 0.6) is 0 Å². The van der Waals surface area contributed by atoms with E-state index in [0.717, 1.165) is 29.7 Å². The lowest BCUT2D eigenvalue weighted by Crippen LogP contribution is -2.40. The first-order valence-electron chi connectivity index (χ1n) is 13.5. The minimum atomic E-state index is -3.50. The topological polar surface area (TPSA) is 95.9 Å². The van der Waals surface area contributed by atoms with E-state index in [-0.39, 0.29) is 10.8 Å². The second-order valence-corrected chi connectivity index (χ2v) is 13.4. The maximum Gasteiger partial charge on any atom is 0.248 e. The van der Waals surface area contributed by atoms with Crippen LogP contribution in [0.25, 0.3) is 0 Å². The third-order valence-electron chi connectivity index (χ3n) is 9.10. The number of hydrogen-bond donors (Lipinski definition) is 2. The minimum absolute atomic E-state index is 0.281. The van der Waals surface area contributed by atoms with Crippen molar-refractivity contribution in [3.8, 4) is 0 Å². The number of nitrogens with zero attached hydrogens (tertiary/aromatic N) is 1. The van der Waals surface area contributed by atoms with Gasteiger partial charge in [-0.2, -0.15) is 4.31 Å². The molecule has 2 N–H and O–H groups in total. The van der Waals surface area contributed by atoms with Crippen molar-refractivity contribution < 1.29 is 23.1 Å². The molecule has 7 nitrogen and oxygen atoms in total. The Labute approximate surface area is 209 Å². The van der Waals surface area contributed by atoms with Gasteiger partial charge in [0.25, 0.3) is 0 Å². The number of fused-ring (bicyclic) bond motifs is 2. The molecule has 5 atom stereocenters. The molecular weight excluding hydrogens is 464 g/mol. The number of aliphatic hydroxyl groups excluding tert-OH is 1. The normalized spacial score (nSPS) is 31.7. The molecule has 1 aromatic rings. The predicted octanol–water partition coefficient (Wildman–Crippen LogP) is 3.11. The summed E-state index contributed by atoms with van der Waals surface area (Å²) in [5, 5.41) is 13.4. The Bertz CT molecular complexity index is 987. The molecule has 0 spiro atoms. The highest BCUT2D eigenvalue weighted by atomic mass is 32.2. The number of benzene rings is 1. The van der Waals surface area contributed by atoms with Crippen LogP contribution < -0.4 is 5.32 Å². The maximum absolute atomic E-state index is 12.7. The summed E-state index contributed by atoms with van der Waals surface area (Å²) in [7, 11) is -3.50. The Kier molecular flexibility index (Phi) is 7.54. The lowest BCUT2D eigenvalue weighted by Gasteiger charge is -2.38. The number of morpholine rings is 1. The molecule has 4 aliphatic rings. The van der Waals surface area contributed by atoms with Gasteiger partial charge < -0.3 is 15.2 Å². The van der Waals surface area contributed by atoms with E-state index < -0.39 is 16.1 Å². The standard InChI is InChI=1S/C27H40N2O5S/c30-25(8-10-27-17-21-2-1-3-22(18-27)23(16-21)19-27)26(31)28-11-9-20-4-6-24(7-5-20)35(32,33)29-12-14-34-15-13-29/h4-7,21-23,25,30H,1-3,8-19H2,(H,28,31). The lowest BCUT2D eigenvalue weighted by molar-refractivity contribution is -0.130. The first-order valence-corrected chi connectivity index (χ1v) is 14.9. The molecule has 1 amide bonds. The fourth-order valence-corrected chi connectivity index (χ4v) is 8.82. The number of rotatable bonds is 9. The summed E-state index contributed by atoms with van der Waals surface area (Å²) in [6, 6.07) is 6.85. The van der Waals surface area contributed by atoms with Crippen LogP contribution in [0.15, 0.2) is 29.2 Å². The largest absolute Gasteiger partial charge is 0.383 e. The number of carbonyl (C=O) groups is 1. The molecule has 8 heteroatoms. The summed E-state index contributed by atoms with van der Waals surface area (Å²) in [4.78, 5) is 12.8. The number of amides is 1. The van der Waals surface area contributed by atoms with E-state index in [9.17, 15) is 18.3 Å². The van der Waals surface area contributed by atoms with Crippen LogP contribution in [0.3, 0.4) is 0 Å². The third kappa shape index (κ3) is 5.60. The molecule has 5 rings (SSSR count). The van der Waals surface area contributed by atoms with E-state index in [4.69, 9.17) is 4.74 Å². The fourth-order valence-electron chi connectivity index (χ4n) is 7.41. The second kappa shape index (κ2) is 10.5. The van der Waals surface area contributed by atoms with E-state index >= 15 is 0 Å². The first-order chi connectivity index (χ1) is 16.8. The lowest BCUT2D eigenvalue weighted by atomic mass is 9.67. The Balaban J connectivity index is 1.06. The van der Waals surface area contributed by atoms with Crippen molar-refractivity contribution in [2.75, 3.05) is 32.8 Å². The molecule has 0 aromatic heterocycles. The molecule has 5 unspecified atom stereocenters. The van der Waals surface area contributed by atoms with Crippen LogP contribution >= 0.6 is 0 Å². The van der Waals surface area contributed by atoms with Gasteiger partial charge in [-0.3, -0.25) is 4.79 Å². The first kappa shape index (κ1) is 25.2. The number of hydrogen-bond acceptors (Lipinski definition) is 5. The van der Waals surface area contributed by atoms with Gasteiger partial charge in [-0.05, 0) is 85.8 Å². The Morgan fingerprint density at radius 1 is 1.11 bits per heavy atom. The molecule has 4 fully saturated rings. The van der Waals surface area contributed by atoms with Crippen molar-refractivity contribution in [1.82, 2.24) is 9.62 Å². The Morgan fingerprint density at radius 3 is 2.63 bits per heavy atom. The third-order valence-corrected chi connectivity index (χ3v) is 11.0. The fraction of sp³-hybridized carbons (Fsp3) is 0.741. The van der Waals surface area contributed by atoms with E-state index in [1.165, 1.54) is 49.3 Å². The monoisotopic (exact) mass is 504 g/mol. The van der Waals surface area contributed by atoms with Crippen molar-refractivity contribution in [2.24, 2.45) is 23.2 Å². The quantitative estimate of drug-likeness (QED) is 0.539. The van der Waals surface area contributed by atoms with Crippen LogP contribution in [0.1, 0.15) is 63.4 Å². The molecule has 0 radical (unpaired) electrons. The highest BCUT2D eigenvalue weighted by Gasteiger charge is 2.51. The van der Waals surface area contributed by atoms with Gasteiger partial charge in [-0.1, -0.05) is 31.4 Å². The average Bonchev–Trinajstić information content (AvgIpc) is 3.03. The highest BCUT2D eigenvalue weighted by molar-refractivity contribution is 7.89. The molecule has 3 saturated carbocycles. The van der Waals surface area contributed by atoms with Crippen LogP contribution in [0.2, 0.25) is 0 Å². The zero-order valence-corrected chi connectivity index (χ0v) is 21.5. The summed E-state index contributed by atoms with van der Waals surface area (Å²) >= 11 is 0. The van der Waals surface area contributed by atoms with Crippen molar-refractivity contribution in [2.45, 2.75) is 75.2 Å². The van der Waals surface area contributed by atoms with E-state index in [1.54, 1.807) is 24.3 Å². The Morgan fingerprint density at radius 2 is 1.86 bits per heavy atom. The van der Waals surface area contributed by atoms with Gasteiger partial charge in [0.15, 0.2) is 0 Å². The summed E-state index contributed by atoms with van der Waals surface area (Å²) in [6.45, 7) is 2.02. The molecule has 1 heterocycles. The number of carbonyl (C=O) groups excluding carboxylic acids is 1. The number of aliphatic hydroxyl groups is 1. The number of ether oxygens (including phenoxy) is 1.